The second-order valence-electron chi connectivity index (χ2n) is 11.3. The summed E-state index contributed by atoms with van der Waals surface area (Å²) in [5.74, 6) is 1.12. The van der Waals surface area contributed by atoms with Gasteiger partial charge in [-0.05, 0) is 62.1 Å². The van der Waals surface area contributed by atoms with E-state index in [1.54, 1.807) is 30.6 Å². The Morgan fingerprint density at radius 1 is 1.05 bits per heavy atom. The molecule has 4 heterocycles. The van der Waals surface area contributed by atoms with Crippen LogP contribution < -0.4 is 5.32 Å². The number of fused-ring (bicyclic) bond motifs is 3. The second-order valence-corrected chi connectivity index (χ2v) is 11.3. The fraction of sp³-hybridized carbons (Fsp3) is 0.281. The number of halogens is 1. The fourth-order valence-corrected chi connectivity index (χ4v) is 5.53. The Hall–Kier alpha value is -4.70. The number of anilines is 1. The number of nitrogens with one attached hydrogen (secondary N) is 1. The van der Waals surface area contributed by atoms with Crippen LogP contribution in [0.15, 0.2) is 73.2 Å². The van der Waals surface area contributed by atoms with Crippen LogP contribution in [0.4, 0.5) is 10.2 Å². The molecule has 5 aromatic rings. The van der Waals surface area contributed by atoms with E-state index in [0.717, 1.165) is 35.6 Å². The Morgan fingerprint density at radius 3 is 2.67 bits per heavy atom. The highest BCUT2D eigenvalue weighted by Crippen LogP contribution is 2.40. The van der Waals surface area contributed by atoms with Gasteiger partial charge >= 0.3 is 0 Å². The molecule has 3 aromatic heterocycles. The molecule has 0 radical (unpaired) electrons. The number of carbonyl (C=O) groups is 1. The van der Waals surface area contributed by atoms with Gasteiger partial charge in [0.25, 0.3) is 5.91 Å². The van der Waals surface area contributed by atoms with E-state index in [2.05, 4.69) is 43.7 Å². The van der Waals surface area contributed by atoms with E-state index in [0.29, 0.717) is 42.9 Å². The number of rotatable bonds is 7. The van der Waals surface area contributed by atoms with Crippen LogP contribution in [0, 0.1) is 5.82 Å². The van der Waals surface area contributed by atoms with Crippen LogP contribution in [0.1, 0.15) is 71.7 Å². The second kappa shape index (κ2) is 10.6. The summed E-state index contributed by atoms with van der Waals surface area (Å²) >= 11 is 0. The molecule has 2 aromatic carbocycles. The van der Waals surface area contributed by atoms with Gasteiger partial charge in [0.05, 0.1) is 23.5 Å². The predicted octanol–water partition coefficient (Wildman–Crippen LogP) is 5.89. The van der Waals surface area contributed by atoms with E-state index >= 15 is 4.39 Å². The quantitative estimate of drug-likeness (QED) is 0.266. The average Bonchev–Trinajstić information content (AvgIpc) is 3.59. The standard InChI is InChI=1S/C32H31FN8O/c1-20(2)41-19-34-38-31(41)26-9-6-10-29(35-26)37-32(42)24-14-28-23(13-25(24)33)16-39(15-21-7-4-3-5-8-21)18-30-36-27(17-40(28)30)22-11-12-22/h3-10,13-14,17,19-20,22H,11-12,15-16,18H2,1-2H3,(H,35,37,42). The number of benzene rings is 2. The molecule has 0 unspecified atom stereocenters. The largest absolute Gasteiger partial charge is 0.310 e. The maximum atomic E-state index is 15.6. The predicted molar refractivity (Wildman–Crippen MR) is 156 cm³/mol. The van der Waals surface area contributed by atoms with Gasteiger partial charge < -0.3 is 14.5 Å². The van der Waals surface area contributed by atoms with Crippen LogP contribution in [0.25, 0.3) is 17.2 Å². The Kier molecular flexibility index (Phi) is 6.62. The molecule has 1 fully saturated rings. The average molecular weight is 563 g/mol. The molecule has 7 rings (SSSR count). The van der Waals surface area contributed by atoms with Gasteiger partial charge in [-0.2, -0.15) is 0 Å². The van der Waals surface area contributed by atoms with Gasteiger partial charge in [-0.15, -0.1) is 10.2 Å². The van der Waals surface area contributed by atoms with E-state index in [1.165, 1.54) is 11.6 Å². The number of nitrogens with zero attached hydrogens (tertiary/aromatic N) is 7. The zero-order valence-electron chi connectivity index (χ0n) is 23.5. The zero-order valence-corrected chi connectivity index (χ0v) is 23.5. The molecule has 212 valence electrons. The normalized spacial score (nSPS) is 14.9. The van der Waals surface area contributed by atoms with E-state index in [1.807, 2.05) is 41.2 Å². The number of carbonyl (C=O) groups excluding carboxylic acids is 1. The highest BCUT2D eigenvalue weighted by Gasteiger charge is 2.30. The van der Waals surface area contributed by atoms with Crippen LogP contribution >= 0.6 is 0 Å². The summed E-state index contributed by atoms with van der Waals surface area (Å²) in [4.78, 5) is 25.3. The van der Waals surface area contributed by atoms with Crippen LogP contribution in [0.2, 0.25) is 0 Å². The van der Waals surface area contributed by atoms with Crippen molar-refractivity contribution in [1.29, 1.82) is 0 Å². The lowest BCUT2D eigenvalue weighted by molar-refractivity contribution is 0.102. The molecule has 10 heteroatoms. The molecule has 0 saturated heterocycles. The van der Waals surface area contributed by atoms with Crippen molar-refractivity contribution < 1.29 is 9.18 Å². The molecular weight excluding hydrogens is 531 g/mol. The Labute approximate surface area is 243 Å². The summed E-state index contributed by atoms with van der Waals surface area (Å²) < 4.78 is 19.6. The van der Waals surface area contributed by atoms with Gasteiger partial charge in [0, 0.05) is 31.2 Å². The van der Waals surface area contributed by atoms with Gasteiger partial charge in [0.2, 0.25) is 0 Å². The molecule has 1 aliphatic carbocycles. The molecule has 1 saturated carbocycles. The van der Waals surface area contributed by atoms with E-state index < -0.39 is 11.7 Å². The van der Waals surface area contributed by atoms with Crippen LogP contribution in [0.5, 0.6) is 0 Å². The number of pyridine rings is 1. The summed E-state index contributed by atoms with van der Waals surface area (Å²) in [7, 11) is 0. The minimum atomic E-state index is -0.576. The molecule has 1 aliphatic heterocycles. The van der Waals surface area contributed by atoms with Crippen LogP contribution in [-0.4, -0.2) is 40.1 Å². The lowest BCUT2D eigenvalue weighted by atomic mass is 10.1. The van der Waals surface area contributed by atoms with E-state index in [9.17, 15) is 4.79 Å². The van der Waals surface area contributed by atoms with E-state index in [-0.39, 0.29) is 11.6 Å². The van der Waals surface area contributed by atoms with Gasteiger partial charge in [-0.3, -0.25) is 9.69 Å². The third-order valence-electron chi connectivity index (χ3n) is 7.82. The highest BCUT2D eigenvalue weighted by atomic mass is 19.1. The van der Waals surface area contributed by atoms with Crippen molar-refractivity contribution in [2.45, 2.75) is 58.3 Å². The number of amides is 1. The summed E-state index contributed by atoms with van der Waals surface area (Å²) in [6.07, 6.45) is 5.98. The van der Waals surface area contributed by atoms with Crippen molar-refractivity contribution in [3.05, 3.63) is 107 Å². The minimum absolute atomic E-state index is 0.0459. The Balaban J connectivity index is 1.21. The molecule has 2 aliphatic rings. The monoisotopic (exact) mass is 562 g/mol. The van der Waals surface area contributed by atoms with Gasteiger partial charge in [0.1, 0.15) is 29.5 Å². The number of aromatic nitrogens is 6. The van der Waals surface area contributed by atoms with Crippen molar-refractivity contribution in [3.63, 3.8) is 0 Å². The van der Waals surface area contributed by atoms with Gasteiger partial charge in [-0.25, -0.2) is 14.4 Å². The van der Waals surface area contributed by atoms with Gasteiger partial charge in [-0.1, -0.05) is 36.4 Å². The third kappa shape index (κ3) is 5.09. The molecule has 1 amide bonds. The van der Waals surface area contributed by atoms with Crippen molar-refractivity contribution in [1.82, 2.24) is 34.2 Å². The topological polar surface area (TPSA) is 93.8 Å². The number of hydrogen-bond donors (Lipinski definition) is 1. The first-order chi connectivity index (χ1) is 20.4. The molecule has 0 spiro atoms. The SMILES string of the molecule is CC(C)n1cnnc1-c1cccc(NC(=O)c2cc3c(cc2F)CN(Cc2ccccc2)Cc2nc(C4CC4)cn2-3)n1. The Bertz CT molecular complexity index is 1770. The van der Waals surface area contributed by atoms with Gasteiger partial charge in [0.15, 0.2) is 5.82 Å². The lowest BCUT2D eigenvalue weighted by Crippen LogP contribution is -2.22. The molecule has 42 heavy (non-hydrogen) atoms. The molecular formula is C32H31FN8O. The first-order valence-corrected chi connectivity index (χ1v) is 14.3. The number of imidazole rings is 1. The molecule has 0 atom stereocenters. The smallest absolute Gasteiger partial charge is 0.259 e. The van der Waals surface area contributed by atoms with E-state index in [4.69, 9.17) is 4.98 Å². The van der Waals surface area contributed by atoms with Crippen LogP contribution in [-0.2, 0) is 19.6 Å². The first-order valence-electron chi connectivity index (χ1n) is 14.3. The molecule has 0 bridgehead atoms. The molecule has 9 nitrogen and oxygen atoms in total. The number of hydrogen-bond acceptors (Lipinski definition) is 6. The fourth-order valence-electron chi connectivity index (χ4n) is 5.53. The van der Waals surface area contributed by atoms with Crippen molar-refractivity contribution in [2.75, 3.05) is 5.32 Å². The molecule has 1 N–H and O–H groups in total. The maximum absolute atomic E-state index is 15.6. The Morgan fingerprint density at radius 2 is 1.88 bits per heavy atom. The summed E-state index contributed by atoms with van der Waals surface area (Å²) in [5, 5.41) is 11.0. The van der Waals surface area contributed by atoms with Crippen molar-refractivity contribution in [2.24, 2.45) is 0 Å². The van der Waals surface area contributed by atoms with Crippen LogP contribution in [0.3, 0.4) is 0 Å². The summed E-state index contributed by atoms with van der Waals surface area (Å²) in [5.41, 5.74) is 4.35. The lowest BCUT2D eigenvalue weighted by Gasteiger charge is -2.20. The summed E-state index contributed by atoms with van der Waals surface area (Å²) in [6, 6.07) is 18.8. The summed E-state index contributed by atoms with van der Waals surface area (Å²) in [6.45, 7) is 5.92. The maximum Gasteiger partial charge on any atom is 0.259 e. The van der Waals surface area contributed by atoms with Crippen molar-refractivity contribution >= 4 is 11.7 Å². The zero-order chi connectivity index (χ0) is 28.8. The minimum Gasteiger partial charge on any atom is -0.310 e. The van der Waals surface area contributed by atoms with Crippen molar-refractivity contribution in [3.8, 4) is 17.2 Å². The first kappa shape index (κ1) is 26.2. The third-order valence-corrected chi connectivity index (χ3v) is 7.82. The highest BCUT2D eigenvalue weighted by molar-refractivity contribution is 6.04.